The lowest BCUT2D eigenvalue weighted by Crippen LogP contribution is -2.49. The van der Waals surface area contributed by atoms with Gasteiger partial charge in [-0.05, 0) is 29.8 Å². The summed E-state index contributed by atoms with van der Waals surface area (Å²) < 4.78 is 11.3. The molecule has 1 atom stereocenters. The summed E-state index contributed by atoms with van der Waals surface area (Å²) in [5.74, 6) is 0.922. The van der Waals surface area contributed by atoms with E-state index in [9.17, 15) is 14.4 Å². The lowest BCUT2D eigenvalue weighted by Gasteiger charge is -2.33. The number of nitrogens with zero attached hydrogens (tertiary/aromatic N) is 3. The van der Waals surface area contributed by atoms with Crippen molar-refractivity contribution in [1.29, 1.82) is 0 Å². The van der Waals surface area contributed by atoms with Crippen LogP contribution in [0.5, 0.6) is 11.5 Å². The van der Waals surface area contributed by atoms with Crippen LogP contribution in [-0.2, 0) is 14.3 Å². The minimum absolute atomic E-state index is 0.150. The minimum atomic E-state index is -0.641. The third-order valence-corrected chi connectivity index (χ3v) is 6.68. The van der Waals surface area contributed by atoms with Crippen LogP contribution in [0.1, 0.15) is 18.0 Å². The maximum atomic E-state index is 13.6. The van der Waals surface area contributed by atoms with E-state index in [1.54, 1.807) is 11.0 Å². The molecule has 2 aromatic rings. The van der Waals surface area contributed by atoms with E-state index in [1.807, 2.05) is 59.6 Å². The number of rotatable bonds is 9. The number of morpholine rings is 1. The van der Waals surface area contributed by atoms with Gasteiger partial charge >= 0.3 is 6.03 Å². The van der Waals surface area contributed by atoms with Crippen LogP contribution in [-0.4, -0.2) is 78.6 Å². The Morgan fingerprint density at radius 3 is 2.63 bits per heavy atom. The van der Waals surface area contributed by atoms with Crippen LogP contribution in [0.4, 0.5) is 4.79 Å². The molecule has 2 aromatic carbocycles. The zero-order valence-electron chi connectivity index (χ0n) is 21.1. The standard InChI is InChI=1S/C28H31N5O5/c1-2-12-33-23-19-31(13-11-24(34)30-32-14-16-37-17-15-32)27(35)25(23)26(29-28(33)36)20-7-6-10-22(18-20)38-21-8-4-3-5-9-21/h2-10,18,26H,1,11-17,19H2,(H,29,36)(H,30,34)/t26-/m1/s1. The molecule has 0 radical (unpaired) electrons. The van der Waals surface area contributed by atoms with Crippen LogP contribution in [0.3, 0.4) is 0 Å². The second-order valence-electron chi connectivity index (χ2n) is 9.24. The summed E-state index contributed by atoms with van der Waals surface area (Å²) in [7, 11) is 0. The predicted molar refractivity (Wildman–Crippen MR) is 140 cm³/mol. The van der Waals surface area contributed by atoms with Crippen LogP contribution in [0.25, 0.3) is 0 Å². The van der Waals surface area contributed by atoms with E-state index in [1.165, 1.54) is 4.90 Å². The molecule has 3 heterocycles. The van der Waals surface area contributed by atoms with Gasteiger partial charge < -0.3 is 19.7 Å². The normalized spacial score (nSPS) is 19.7. The molecule has 0 bridgehead atoms. The van der Waals surface area contributed by atoms with Crippen molar-refractivity contribution in [3.63, 3.8) is 0 Å². The summed E-state index contributed by atoms with van der Waals surface area (Å²) in [6.07, 6.45) is 1.78. The van der Waals surface area contributed by atoms with E-state index < -0.39 is 6.04 Å². The predicted octanol–water partition coefficient (Wildman–Crippen LogP) is 2.58. The molecular weight excluding hydrogens is 486 g/mol. The number of hydrogen-bond donors (Lipinski definition) is 2. The van der Waals surface area contributed by atoms with Crippen molar-refractivity contribution in [2.45, 2.75) is 12.5 Å². The van der Waals surface area contributed by atoms with Gasteiger partial charge in [-0.3, -0.25) is 19.9 Å². The molecule has 10 nitrogen and oxygen atoms in total. The molecule has 0 unspecified atom stereocenters. The molecule has 10 heteroatoms. The van der Waals surface area contributed by atoms with Gasteiger partial charge in [-0.15, -0.1) is 6.58 Å². The Bertz CT molecular complexity index is 1240. The number of carbonyl (C=O) groups is 3. The number of para-hydroxylation sites is 1. The van der Waals surface area contributed by atoms with E-state index in [2.05, 4.69) is 17.3 Å². The summed E-state index contributed by atoms with van der Waals surface area (Å²) in [5, 5.41) is 4.81. The Labute approximate surface area is 221 Å². The Morgan fingerprint density at radius 2 is 1.87 bits per heavy atom. The largest absolute Gasteiger partial charge is 0.457 e. The number of hydrogen-bond acceptors (Lipinski definition) is 6. The van der Waals surface area contributed by atoms with E-state index in [4.69, 9.17) is 9.47 Å². The topological polar surface area (TPSA) is 103 Å². The maximum absolute atomic E-state index is 13.6. The molecule has 0 aliphatic carbocycles. The van der Waals surface area contributed by atoms with Gasteiger partial charge in [0.2, 0.25) is 5.91 Å². The smallest absolute Gasteiger partial charge is 0.322 e. The average molecular weight is 518 g/mol. The van der Waals surface area contributed by atoms with E-state index in [0.717, 1.165) is 5.56 Å². The van der Waals surface area contributed by atoms with Crippen LogP contribution in [0.2, 0.25) is 0 Å². The summed E-state index contributed by atoms with van der Waals surface area (Å²) in [6, 6.07) is 15.8. The lowest BCUT2D eigenvalue weighted by molar-refractivity contribution is -0.130. The van der Waals surface area contributed by atoms with Crippen molar-refractivity contribution < 1.29 is 23.9 Å². The van der Waals surface area contributed by atoms with Crippen LogP contribution >= 0.6 is 0 Å². The number of amides is 4. The monoisotopic (exact) mass is 517 g/mol. The molecule has 0 spiro atoms. The first-order chi connectivity index (χ1) is 18.5. The van der Waals surface area contributed by atoms with Gasteiger partial charge in [0.05, 0.1) is 37.1 Å². The molecule has 3 aliphatic rings. The Morgan fingerprint density at radius 1 is 1.11 bits per heavy atom. The number of nitrogens with one attached hydrogen (secondary N) is 2. The molecule has 4 amide bonds. The number of hydrazine groups is 1. The van der Waals surface area contributed by atoms with Gasteiger partial charge in [0, 0.05) is 32.6 Å². The summed E-state index contributed by atoms with van der Waals surface area (Å²) in [5.41, 5.74) is 4.74. The average Bonchev–Trinajstić information content (AvgIpc) is 3.26. The highest BCUT2D eigenvalue weighted by Gasteiger charge is 2.43. The van der Waals surface area contributed by atoms with Gasteiger partial charge in [-0.1, -0.05) is 36.4 Å². The quantitative estimate of drug-likeness (QED) is 0.496. The Hall–Kier alpha value is -4.15. The van der Waals surface area contributed by atoms with E-state index in [-0.39, 0.29) is 43.9 Å². The first-order valence-corrected chi connectivity index (χ1v) is 12.7. The number of carbonyl (C=O) groups excluding carboxylic acids is 3. The van der Waals surface area contributed by atoms with Gasteiger partial charge in [0.15, 0.2) is 0 Å². The fourth-order valence-electron chi connectivity index (χ4n) is 4.83. The fourth-order valence-corrected chi connectivity index (χ4v) is 4.83. The molecule has 1 saturated heterocycles. The fraction of sp³-hybridized carbons (Fsp3) is 0.321. The molecule has 1 fully saturated rings. The van der Waals surface area contributed by atoms with Crippen molar-refractivity contribution in [1.82, 2.24) is 25.6 Å². The highest BCUT2D eigenvalue weighted by Crippen LogP contribution is 2.37. The first-order valence-electron chi connectivity index (χ1n) is 12.7. The summed E-state index contributed by atoms with van der Waals surface area (Å²) in [6.45, 7) is 6.91. The summed E-state index contributed by atoms with van der Waals surface area (Å²) >= 11 is 0. The van der Waals surface area contributed by atoms with Crippen LogP contribution in [0, 0.1) is 0 Å². The van der Waals surface area contributed by atoms with Gasteiger partial charge in [0.1, 0.15) is 11.5 Å². The molecular formula is C28H31N5O5. The number of urea groups is 1. The van der Waals surface area contributed by atoms with E-state index >= 15 is 0 Å². The molecule has 0 aromatic heterocycles. The third-order valence-electron chi connectivity index (χ3n) is 6.68. The zero-order valence-corrected chi connectivity index (χ0v) is 21.1. The SMILES string of the molecule is C=CCN1C(=O)N[C@H](c2cccc(Oc3ccccc3)c2)C2=C1CN(CCC(=O)NN1CCOCC1)C2=O. The van der Waals surface area contributed by atoms with Gasteiger partial charge in [-0.2, -0.15) is 0 Å². The maximum Gasteiger partial charge on any atom is 0.322 e. The molecule has 0 saturated carbocycles. The summed E-state index contributed by atoms with van der Waals surface area (Å²) in [4.78, 5) is 42.4. The number of ether oxygens (including phenoxy) is 2. The van der Waals surface area contributed by atoms with Crippen molar-refractivity contribution >= 4 is 17.8 Å². The van der Waals surface area contributed by atoms with Crippen molar-refractivity contribution in [2.24, 2.45) is 0 Å². The molecule has 2 N–H and O–H groups in total. The molecule has 3 aliphatic heterocycles. The molecule has 38 heavy (non-hydrogen) atoms. The second-order valence-corrected chi connectivity index (χ2v) is 9.24. The van der Waals surface area contributed by atoms with E-state index in [0.29, 0.717) is 49.1 Å². The molecule has 5 rings (SSSR count). The van der Waals surface area contributed by atoms with Crippen LogP contribution < -0.4 is 15.5 Å². The van der Waals surface area contributed by atoms with Gasteiger partial charge in [0.25, 0.3) is 5.91 Å². The third kappa shape index (κ3) is 5.56. The van der Waals surface area contributed by atoms with Crippen molar-refractivity contribution in [3.05, 3.63) is 84.1 Å². The highest BCUT2D eigenvalue weighted by molar-refractivity contribution is 6.01. The highest BCUT2D eigenvalue weighted by atomic mass is 16.5. The second kappa shape index (κ2) is 11.5. The number of benzene rings is 2. The minimum Gasteiger partial charge on any atom is -0.457 e. The molecule has 198 valence electrons. The Balaban J connectivity index is 1.33. The van der Waals surface area contributed by atoms with Crippen molar-refractivity contribution in [3.8, 4) is 11.5 Å². The zero-order chi connectivity index (χ0) is 26.5. The Kier molecular flexibility index (Phi) is 7.71. The van der Waals surface area contributed by atoms with Gasteiger partial charge in [-0.25, -0.2) is 9.80 Å². The van der Waals surface area contributed by atoms with Crippen LogP contribution in [0.15, 0.2) is 78.5 Å². The lowest BCUT2D eigenvalue weighted by atomic mass is 9.95. The first kappa shape index (κ1) is 25.5. The van der Waals surface area contributed by atoms with Crippen molar-refractivity contribution in [2.75, 3.05) is 45.9 Å².